The Morgan fingerprint density at radius 1 is 1.14 bits per heavy atom. The third-order valence-electron chi connectivity index (χ3n) is 6.24. The fourth-order valence-corrected chi connectivity index (χ4v) is 5.81. The van der Waals surface area contributed by atoms with Crippen LogP contribution in [0.4, 0.5) is 0 Å². The second-order valence-corrected chi connectivity index (χ2v) is 9.57. The molecule has 1 aromatic carbocycles. The molecule has 3 aliphatic rings. The minimum atomic E-state index is -0.741. The van der Waals surface area contributed by atoms with Crippen LogP contribution in [-0.4, -0.2) is 68.9 Å². The standard InChI is InChI=1S/C21H22ClN3O3S/c22-17-6-2-1-4-14(17)9-24-19(27)18-8-15(26)10-25(18)21(20(24)28)12-23(13-21)11-16-5-3-7-29-16/h1-7,15,18,26H,8-13H2. The summed E-state index contributed by atoms with van der Waals surface area (Å²) in [5.74, 6) is -0.399. The minimum Gasteiger partial charge on any atom is -0.392 e. The third-order valence-corrected chi connectivity index (χ3v) is 7.47. The molecule has 4 heterocycles. The Labute approximate surface area is 178 Å². The number of carbonyl (C=O) groups excluding carboxylic acids is 2. The molecule has 152 valence electrons. The van der Waals surface area contributed by atoms with Gasteiger partial charge in [-0.05, 0) is 29.5 Å². The van der Waals surface area contributed by atoms with Crippen molar-refractivity contribution >= 4 is 34.8 Å². The number of piperazine rings is 1. The van der Waals surface area contributed by atoms with Crippen molar-refractivity contribution in [2.45, 2.75) is 37.2 Å². The van der Waals surface area contributed by atoms with Gasteiger partial charge in [-0.2, -0.15) is 0 Å². The molecule has 5 rings (SSSR count). The number of likely N-dealkylation sites (tertiary alicyclic amines) is 1. The largest absolute Gasteiger partial charge is 0.392 e. The molecule has 0 radical (unpaired) electrons. The Bertz CT molecular complexity index is 944. The van der Waals surface area contributed by atoms with Crippen molar-refractivity contribution in [3.8, 4) is 0 Å². The molecule has 8 heteroatoms. The summed E-state index contributed by atoms with van der Waals surface area (Å²) in [7, 11) is 0. The molecule has 2 atom stereocenters. The van der Waals surface area contributed by atoms with Crippen LogP contribution in [0.1, 0.15) is 16.9 Å². The number of thiophene rings is 1. The van der Waals surface area contributed by atoms with E-state index >= 15 is 0 Å². The van der Waals surface area contributed by atoms with E-state index in [9.17, 15) is 14.7 Å². The van der Waals surface area contributed by atoms with Crippen molar-refractivity contribution in [1.82, 2.24) is 14.7 Å². The number of carbonyl (C=O) groups is 2. The van der Waals surface area contributed by atoms with Gasteiger partial charge in [-0.3, -0.25) is 24.3 Å². The lowest BCUT2D eigenvalue weighted by molar-refractivity contribution is -0.181. The first-order valence-electron chi connectivity index (χ1n) is 9.77. The highest BCUT2D eigenvalue weighted by atomic mass is 35.5. The van der Waals surface area contributed by atoms with Crippen LogP contribution in [-0.2, 0) is 22.7 Å². The molecule has 0 bridgehead atoms. The van der Waals surface area contributed by atoms with Crippen molar-refractivity contribution in [3.05, 3.63) is 57.2 Å². The molecule has 2 amide bonds. The lowest BCUT2D eigenvalue weighted by atomic mass is 9.82. The van der Waals surface area contributed by atoms with Gasteiger partial charge in [-0.25, -0.2) is 0 Å². The van der Waals surface area contributed by atoms with Crippen LogP contribution >= 0.6 is 22.9 Å². The van der Waals surface area contributed by atoms with Gasteiger partial charge in [0.25, 0.3) is 5.91 Å². The SMILES string of the molecule is O=C1C2CC(O)CN2C2(CN(Cc3cccs3)C2)C(=O)N1Cc1ccccc1Cl. The summed E-state index contributed by atoms with van der Waals surface area (Å²) >= 11 is 7.99. The highest BCUT2D eigenvalue weighted by Gasteiger charge is 2.64. The molecule has 6 nitrogen and oxygen atoms in total. The lowest BCUT2D eigenvalue weighted by Gasteiger charge is -2.58. The number of halogens is 1. The molecule has 0 saturated carbocycles. The van der Waals surface area contributed by atoms with E-state index in [0.717, 1.165) is 12.1 Å². The molecule has 0 aliphatic carbocycles. The molecule has 3 saturated heterocycles. The Balaban J connectivity index is 1.42. The minimum absolute atomic E-state index is 0.171. The van der Waals surface area contributed by atoms with Crippen LogP contribution in [0.25, 0.3) is 0 Å². The van der Waals surface area contributed by atoms with Gasteiger partial charge >= 0.3 is 0 Å². The fraction of sp³-hybridized carbons (Fsp3) is 0.429. The average Bonchev–Trinajstić information content (AvgIpc) is 3.31. The Morgan fingerprint density at radius 2 is 1.93 bits per heavy atom. The molecule has 1 N–H and O–H groups in total. The maximum absolute atomic E-state index is 13.6. The number of hydrogen-bond donors (Lipinski definition) is 1. The van der Waals surface area contributed by atoms with Crippen LogP contribution in [0.15, 0.2) is 41.8 Å². The Morgan fingerprint density at radius 3 is 2.66 bits per heavy atom. The summed E-state index contributed by atoms with van der Waals surface area (Å²) in [5, 5.41) is 12.8. The average molecular weight is 432 g/mol. The molecule has 1 aromatic heterocycles. The first kappa shape index (κ1) is 19.2. The highest BCUT2D eigenvalue weighted by molar-refractivity contribution is 7.09. The lowest BCUT2D eigenvalue weighted by Crippen LogP contribution is -2.81. The van der Waals surface area contributed by atoms with E-state index in [1.165, 1.54) is 9.78 Å². The predicted molar refractivity (Wildman–Crippen MR) is 110 cm³/mol. The van der Waals surface area contributed by atoms with Crippen LogP contribution < -0.4 is 0 Å². The van der Waals surface area contributed by atoms with Crippen LogP contribution in [0, 0.1) is 0 Å². The molecule has 2 aromatic rings. The first-order chi connectivity index (χ1) is 14.0. The summed E-state index contributed by atoms with van der Waals surface area (Å²) in [4.78, 5) is 33.5. The summed E-state index contributed by atoms with van der Waals surface area (Å²) in [5.41, 5.74) is 0.0157. The van der Waals surface area contributed by atoms with Crippen LogP contribution in [0.5, 0.6) is 0 Å². The zero-order valence-corrected chi connectivity index (χ0v) is 17.4. The van der Waals surface area contributed by atoms with E-state index in [1.807, 2.05) is 34.5 Å². The van der Waals surface area contributed by atoms with Crippen molar-refractivity contribution in [2.24, 2.45) is 0 Å². The zero-order chi connectivity index (χ0) is 20.2. The molecular formula is C21H22ClN3O3S. The van der Waals surface area contributed by atoms with E-state index in [4.69, 9.17) is 11.6 Å². The normalized spacial score (nSPS) is 26.8. The quantitative estimate of drug-likeness (QED) is 0.750. The van der Waals surface area contributed by atoms with Gasteiger partial charge < -0.3 is 5.11 Å². The van der Waals surface area contributed by atoms with Gasteiger partial charge in [0.15, 0.2) is 0 Å². The number of amides is 2. The topological polar surface area (TPSA) is 64.1 Å². The predicted octanol–water partition coefficient (Wildman–Crippen LogP) is 1.96. The number of β-amino-alcohol motifs (C(OH)–C–C–N with tert-alkyl or cyclic N) is 1. The van der Waals surface area contributed by atoms with Gasteiger partial charge in [0.05, 0.1) is 18.7 Å². The highest BCUT2D eigenvalue weighted by Crippen LogP contribution is 2.41. The molecule has 2 unspecified atom stereocenters. The second kappa shape index (κ2) is 7.18. The van der Waals surface area contributed by atoms with Crippen molar-refractivity contribution in [3.63, 3.8) is 0 Å². The molecule has 3 fully saturated rings. The summed E-state index contributed by atoms with van der Waals surface area (Å²) in [6, 6.07) is 11.0. The molecule has 3 aliphatic heterocycles. The molecular weight excluding hydrogens is 410 g/mol. The first-order valence-corrected chi connectivity index (χ1v) is 11.0. The zero-order valence-electron chi connectivity index (χ0n) is 15.8. The number of rotatable bonds is 4. The summed E-state index contributed by atoms with van der Waals surface area (Å²) < 4.78 is 0. The third kappa shape index (κ3) is 3.12. The van der Waals surface area contributed by atoms with E-state index in [-0.39, 0.29) is 18.4 Å². The maximum Gasteiger partial charge on any atom is 0.252 e. The monoisotopic (exact) mass is 431 g/mol. The van der Waals surface area contributed by atoms with Gasteiger partial charge in [0.1, 0.15) is 5.54 Å². The smallest absolute Gasteiger partial charge is 0.252 e. The molecule has 1 spiro atoms. The van der Waals surface area contributed by atoms with Gasteiger partial charge in [-0.1, -0.05) is 35.9 Å². The van der Waals surface area contributed by atoms with Crippen LogP contribution in [0.3, 0.4) is 0 Å². The Kier molecular flexibility index (Phi) is 4.75. The number of benzene rings is 1. The number of nitrogens with zero attached hydrogens (tertiary/aromatic N) is 3. The number of imide groups is 1. The van der Waals surface area contributed by atoms with Crippen molar-refractivity contribution in [1.29, 1.82) is 0 Å². The molecule has 29 heavy (non-hydrogen) atoms. The van der Waals surface area contributed by atoms with E-state index in [1.54, 1.807) is 17.4 Å². The van der Waals surface area contributed by atoms with E-state index < -0.39 is 17.7 Å². The summed E-state index contributed by atoms with van der Waals surface area (Å²) in [6.07, 6.45) is -0.210. The summed E-state index contributed by atoms with van der Waals surface area (Å²) in [6.45, 7) is 2.48. The second-order valence-electron chi connectivity index (χ2n) is 8.13. The van der Waals surface area contributed by atoms with Gasteiger partial charge in [0.2, 0.25) is 5.91 Å². The number of fused-ring (bicyclic) bond motifs is 2. The van der Waals surface area contributed by atoms with E-state index in [2.05, 4.69) is 11.0 Å². The fourth-order valence-electron chi connectivity index (χ4n) is 4.87. The number of aliphatic hydroxyl groups excluding tert-OH is 1. The van der Waals surface area contributed by atoms with E-state index in [0.29, 0.717) is 31.1 Å². The number of hydrogen-bond acceptors (Lipinski definition) is 6. The number of aliphatic hydroxyl groups is 1. The van der Waals surface area contributed by atoms with Crippen LogP contribution in [0.2, 0.25) is 5.02 Å². The Hall–Kier alpha value is -1.77. The van der Waals surface area contributed by atoms with Gasteiger partial charge in [0, 0.05) is 36.1 Å². The van der Waals surface area contributed by atoms with Crippen molar-refractivity contribution in [2.75, 3.05) is 19.6 Å². The van der Waals surface area contributed by atoms with Gasteiger partial charge in [-0.15, -0.1) is 11.3 Å². The maximum atomic E-state index is 13.6. The van der Waals surface area contributed by atoms with Crippen molar-refractivity contribution < 1.29 is 14.7 Å².